The zero-order valence-electron chi connectivity index (χ0n) is 23.3. The van der Waals surface area contributed by atoms with Crippen molar-refractivity contribution < 1.29 is 19.1 Å². The fraction of sp³-hybridized carbons (Fsp3) is 0.464. The van der Waals surface area contributed by atoms with E-state index in [1.165, 1.54) is 18.5 Å². The summed E-state index contributed by atoms with van der Waals surface area (Å²) in [6, 6.07) is 7.01. The Morgan fingerprint density at radius 1 is 1.00 bits per heavy atom. The van der Waals surface area contributed by atoms with Crippen LogP contribution in [0.4, 0.5) is 5.69 Å². The van der Waals surface area contributed by atoms with E-state index in [2.05, 4.69) is 68.5 Å². The van der Waals surface area contributed by atoms with Crippen molar-refractivity contribution in [2.45, 2.75) is 71.8 Å². The number of amides is 2. The molecule has 0 aliphatic heterocycles. The number of esters is 1. The lowest BCUT2D eigenvalue weighted by molar-refractivity contribution is -0.143. The molecule has 0 spiro atoms. The molecule has 1 aromatic carbocycles. The third-order valence-electron chi connectivity index (χ3n) is 5.79. The van der Waals surface area contributed by atoms with Crippen LogP contribution in [-0.4, -0.2) is 41.9 Å². The lowest BCUT2D eigenvalue weighted by Gasteiger charge is -2.28. The molecule has 0 saturated carbocycles. The fourth-order valence-electron chi connectivity index (χ4n) is 3.65. The van der Waals surface area contributed by atoms with Gasteiger partial charge >= 0.3 is 5.97 Å². The monoisotopic (exact) mass is 524 g/mol. The van der Waals surface area contributed by atoms with E-state index >= 15 is 0 Å². The fourth-order valence-corrected chi connectivity index (χ4v) is 3.65. The third-order valence-corrected chi connectivity index (χ3v) is 5.79. The van der Waals surface area contributed by atoms with E-state index in [9.17, 15) is 14.4 Å². The van der Waals surface area contributed by atoms with E-state index in [1.54, 1.807) is 6.92 Å². The Hall–Kier alpha value is -3.95. The number of pyridine rings is 1. The van der Waals surface area contributed by atoms with Crippen LogP contribution in [-0.2, 0) is 25.2 Å². The van der Waals surface area contributed by atoms with Crippen LogP contribution in [0.2, 0.25) is 0 Å². The maximum atomic E-state index is 12.9. The summed E-state index contributed by atoms with van der Waals surface area (Å²) < 4.78 is 5.17. The molecule has 0 saturated heterocycles. The topological polar surface area (TPSA) is 159 Å². The number of anilines is 1. The van der Waals surface area contributed by atoms with Crippen LogP contribution in [0.5, 0.6) is 0 Å². The minimum Gasteiger partial charge on any atom is -0.466 e. The van der Waals surface area contributed by atoms with Crippen molar-refractivity contribution in [3.05, 3.63) is 58.9 Å². The van der Waals surface area contributed by atoms with E-state index in [4.69, 9.17) is 15.9 Å². The second-order valence-electron chi connectivity index (χ2n) is 11.2. The van der Waals surface area contributed by atoms with Crippen LogP contribution in [0.15, 0.2) is 36.7 Å². The van der Waals surface area contributed by atoms with E-state index in [0.717, 1.165) is 16.7 Å². The maximum absolute atomic E-state index is 12.9. The van der Waals surface area contributed by atoms with Gasteiger partial charge in [0.2, 0.25) is 5.91 Å². The average molecular weight is 525 g/mol. The molecule has 0 bridgehead atoms. The quantitative estimate of drug-likeness (QED) is 0.191. The number of carbonyl (C=O) groups is 3. The number of guanidine groups is 1. The van der Waals surface area contributed by atoms with Crippen molar-refractivity contribution in [1.29, 1.82) is 5.41 Å². The van der Waals surface area contributed by atoms with Crippen molar-refractivity contribution >= 4 is 29.4 Å². The molecule has 2 rings (SSSR count). The van der Waals surface area contributed by atoms with Crippen molar-refractivity contribution in [1.82, 2.24) is 15.6 Å². The summed E-state index contributed by atoms with van der Waals surface area (Å²) in [5, 5.41) is 15.3. The number of ether oxygens (including phenoxy) is 1. The minimum absolute atomic E-state index is 0.0482. The highest BCUT2D eigenvalue weighted by atomic mass is 16.5. The minimum atomic E-state index is -0.647. The molecule has 0 aliphatic rings. The summed E-state index contributed by atoms with van der Waals surface area (Å²) in [5.74, 6) is -1.70. The predicted octanol–water partition coefficient (Wildman–Crippen LogP) is 3.52. The first kappa shape index (κ1) is 30.3. The normalized spacial score (nSPS) is 12.3. The van der Waals surface area contributed by atoms with Gasteiger partial charge in [0.05, 0.1) is 43.1 Å². The van der Waals surface area contributed by atoms with E-state index in [-0.39, 0.29) is 41.9 Å². The summed E-state index contributed by atoms with van der Waals surface area (Å²) in [4.78, 5) is 41.9. The van der Waals surface area contributed by atoms with E-state index in [1.807, 2.05) is 12.1 Å². The number of aromatic nitrogens is 1. The maximum Gasteiger partial charge on any atom is 0.308 e. The Bertz CT molecular complexity index is 1150. The molecule has 1 aromatic heterocycles. The average Bonchev–Trinajstić information content (AvgIpc) is 2.80. The van der Waals surface area contributed by atoms with E-state index in [0.29, 0.717) is 5.69 Å². The molecule has 0 radical (unpaired) electrons. The number of nitrogens with two attached hydrogens (primary N) is 1. The Morgan fingerprint density at radius 2 is 1.61 bits per heavy atom. The van der Waals surface area contributed by atoms with Gasteiger partial charge in [-0.15, -0.1) is 0 Å². The summed E-state index contributed by atoms with van der Waals surface area (Å²) in [7, 11) is 0. The molecule has 1 heterocycles. The SMILES string of the molecule is CCOC(=O)C[C@H](NC(=O)CNC(=O)c1cncc(NC(=N)N)c1)c1cc(C(C)(C)C)cc(C(C)(C)C)c1. The molecule has 10 heteroatoms. The van der Waals surface area contributed by atoms with Crippen LogP contribution >= 0.6 is 0 Å². The summed E-state index contributed by atoms with van der Waals surface area (Å²) in [6.07, 6.45) is 2.71. The smallest absolute Gasteiger partial charge is 0.308 e. The van der Waals surface area contributed by atoms with Gasteiger partial charge in [-0.05, 0) is 40.5 Å². The zero-order chi connectivity index (χ0) is 28.7. The summed E-state index contributed by atoms with van der Waals surface area (Å²) in [6.45, 7) is 14.3. The number of nitrogens with zero attached hydrogens (tertiary/aromatic N) is 1. The Balaban J connectivity index is 2.27. The Labute approximate surface area is 224 Å². The molecule has 1 atom stereocenters. The van der Waals surface area contributed by atoms with Gasteiger partial charge in [-0.1, -0.05) is 59.7 Å². The van der Waals surface area contributed by atoms with Gasteiger partial charge in [0, 0.05) is 6.20 Å². The summed E-state index contributed by atoms with van der Waals surface area (Å²) >= 11 is 0. The highest BCUT2D eigenvalue weighted by Gasteiger charge is 2.26. The Morgan fingerprint density at radius 3 is 2.13 bits per heavy atom. The van der Waals surface area contributed by atoms with Gasteiger partial charge in [0.1, 0.15) is 0 Å². The van der Waals surface area contributed by atoms with Crippen molar-refractivity contribution in [3.63, 3.8) is 0 Å². The second-order valence-corrected chi connectivity index (χ2v) is 11.2. The van der Waals surface area contributed by atoms with Crippen LogP contribution in [0, 0.1) is 5.41 Å². The van der Waals surface area contributed by atoms with Gasteiger partial charge in [-0.2, -0.15) is 0 Å². The number of carbonyl (C=O) groups excluding carboxylic acids is 3. The second kappa shape index (κ2) is 12.5. The van der Waals surface area contributed by atoms with Crippen molar-refractivity contribution in [2.75, 3.05) is 18.5 Å². The molecule has 6 N–H and O–H groups in total. The molecule has 2 amide bonds. The first-order valence-electron chi connectivity index (χ1n) is 12.6. The first-order valence-corrected chi connectivity index (χ1v) is 12.6. The lowest BCUT2D eigenvalue weighted by atomic mass is 9.78. The molecule has 206 valence electrons. The Kier molecular flexibility index (Phi) is 9.98. The number of benzene rings is 1. The molecule has 0 fully saturated rings. The van der Waals surface area contributed by atoms with Crippen LogP contribution in [0.1, 0.15) is 88.0 Å². The van der Waals surface area contributed by atoms with Crippen molar-refractivity contribution in [3.8, 4) is 0 Å². The lowest BCUT2D eigenvalue weighted by Crippen LogP contribution is -2.39. The number of hydrogen-bond acceptors (Lipinski definition) is 6. The van der Waals surface area contributed by atoms with E-state index < -0.39 is 23.8 Å². The largest absolute Gasteiger partial charge is 0.466 e. The molecule has 38 heavy (non-hydrogen) atoms. The van der Waals surface area contributed by atoms with Gasteiger partial charge in [0.15, 0.2) is 5.96 Å². The molecule has 2 aromatic rings. The molecular formula is C28H40N6O4. The molecule has 10 nitrogen and oxygen atoms in total. The number of nitrogens with one attached hydrogen (secondary N) is 4. The third kappa shape index (κ3) is 9.17. The first-order chi connectivity index (χ1) is 17.6. The molecule has 0 aliphatic carbocycles. The highest BCUT2D eigenvalue weighted by molar-refractivity contribution is 5.98. The predicted molar refractivity (Wildman–Crippen MR) is 148 cm³/mol. The van der Waals surface area contributed by atoms with Crippen molar-refractivity contribution in [2.24, 2.45) is 5.73 Å². The van der Waals surface area contributed by atoms with Crippen LogP contribution < -0.4 is 21.7 Å². The van der Waals surface area contributed by atoms with Gasteiger partial charge < -0.3 is 26.4 Å². The highest BCUT2D eigenvalue weighted by Crippen LogP contribution is 2.33. The van der Waals surface area contributed by atoms with Crippen LogP contribution in [0.25, 0.3) is 0 Å². The number of rotatable bonds is 9. The van der Waals surface area contributed by atoms with Gasteiger partial charge in [-0.25, -0.2) is 0 Å². The van der Waals surface area contributed by atoms with Gasteiger partial charge in [0.25, 0.3) is 5.91 Å². The number of hydrogen-bond donors (Lipinski definition) is 5. The van der Waals surface area contributed by atoms with Gasteiger partial charge in [-0.3, -0.25) is 24.8 Å². The standard InChI is InChI=1S/C28H40N6O4/c1-8-38-24(36)13-22(17-9-19(27(2,3)4)12-20(10-17)28(5,6)7)34-23(35)16-32-25(37)18-11-21(15-31-14-18)33-26(29)30/h9-12,14-15,22H,8,13,16H2,1-7H3,(H,32,37)(H,34,35)(H4,29,30,33)/t22-/m0/s1. The molecule has 0 unspecified atom stereocenters. The summed E-state index contributed by atoms with van der Waals surface area (Å²) in [5.41, 5.74) is 8.55. The van der Waals surface area contributed by atoms with Crippen LogP contribution in [0.3, 0.4) is 0 Å². The molecular weight excluding hydrogens is 484 g/mol. The zero-order valence-corrected chi connectivity index (χ0v) is 23.3.